The number of hydrogen-bond acceptors (Lipinski definition) is 4. The van der Waals surface area contributed by atoms with Crippen LogP contribution in [0.25, 0.3) is 0 Å². The van der Waals surface area contributed by atoms with Crippen LogP contribution in [-0.2, 0) is 17.9 Å². The Hall–Kier alpha value is -2.37. The predicted molar refractivity (Wildman–Crippen MR) is 112 cm³/mol. The molecule has 0 unspecified atom stereocenters. The van der Waals surface area contributed by atoms with E-state index in [1.807, 2.05) is 30.1 Å². The van der Waals surface area contributed by atoms with Gasteiger partial charge in [0.25, 0.3) is 0 Å². The molecule has 0 saturated carbocycles. The highest BCUT2D eigenvalue weighted by Gasteiger charge is 2.22. The van der Waals surface area contributed by atoms with Crippen molar-refractivity contribution in [3.8, 4) is 5.75 Å². The van der Waals surface area contributed by atoms with E-state index in [4.69, 9.17) is 4.74 Å². The summed E-state index contributed by atoms with van der Waals surface area (Å²) >= 11 is 0. The molecule has 1 fully saturated rings. The third-order valence-corrected chi connectivity index (χ3v) is 5.37. The molecule has 0 N–H and O–H groups in total. The summed E-state index contributed by atoms with van der Waals surface area (Å²) < 4.78 is 5.27. The van der Waals surface area contributed by atoms with Gasteiger partial charge in [-0.2, -0.15) is 0 Å². The van der Waals surface area contributed by atoms with E-state index < -0.39 is 0 Å². The zero-order chi connectivity index (χ0) is 19.9. The zero-order valence-corrected chi connectivity index (χ0v) is 17.2. The minimum absolute atomic E-state index is 0.209. The highest BCUT2D eigenvalue weighted by atomic mass is 16.5. The van der Waals surface area contributed by atoms with Crippen molar-refractivity contribution in [3.05, 3.63) is 65.2 Å². The Morgan fingerprint density at radius 1 is 1.07 bits per heavy atom. The Morgan fingerprint density at radius 3 is 2.54 bits per heavy atom. The summed E-state index contributed by atoms with van der Waals surface area (Å²) in [6.45, 7) is 7.76. The molecule has 1 saturated heterocycles. The second-order valence-corrected chi connectivity index (χ2v) is 7.61. The van der Waals surface area contributed by atoms with Crippen LogP contribution in [0.1, 0.15) is 16.7 Å². The maximum absolute atomic E-state index is 12.7. The summed E-state index contributed by atoms with van der Waals surface area (Å²) in [5.41, 5.74) is 3.86. The SMILES string of the molecule is COc1cccc(CN(C)CC(=O)N2CCN(Cc3ccccc3C)CC2)c1. The monoisotopic (exact) mass is 381 g/mol. The number of carbonyl (C=O) groups excluding carboxylic acids is 1. The molecule has 150 valence electrons. The number of carbonyl (C=O) groups is 1. The first-order chi connectivity index (χ1) is 13.5. The van der Waals surface area contributed by atoms with E-state index in [1.165, 1.54) is 11.1 Å². The second-order valence-electron chi connectivity index (χ2n) is 7.61. The number of rotatable bonds is 7. The molecular formula is C23H31N3O2. The Morgan fingerprint density at radius 2 is 1.82 bits per heavy atom. The lowest BCUT2D eigenvalue weighted by molar-refractivity contribution is -0.134. The quantitative estimate of drug-likeness (QED) is 0.739. The van der Waals surface area contributed by atoms with Crippen LogP contribution in [0.2, 0.25) is 0 Å². The van der Waals surface area contributed by atoms with Gasteiger partial charge in [0.15, 0.2) is 0 Å². The minimum atomic E-state index is 0.209. The fraction of sp³-hybridized carbons (Fsp3) is 0.435. The molecule has 2 aromatic rings. The summed E-state index contributed by atoms with van der Waals surface area (Å²) in [5.74, 6) is 1.06. The molecule has 0 bridgehead atoms. The van der Waals surface area contributed by atoms with E-state index in [0.717, 1.165) is 50.6 Å². The van der Waals surface area contributed by atoms with Gasteiger partial charge in [-0.05, 0) is 42.8 Å². The average Bonchev–Trinajstić information content (AvgIpc) is 2.70. The maximum atomic E-state index is 12.7. The van der Waals surface area contributed by atoms with Crippen molar-refractivity contribution in [2.75, 3.05) is 46.9 Å². The number of methoxy groups -OCH3 is 1. The first-order valence-corrected chi connectivity index (χ1v) is 9.91. The molecule has 0 radical (unpaired) electrons. The van der Waals surface area contributed by atoms with Gasteiger partial charge in [-0.25, -0.2) is 0 Å². The Labute approximate surface area is 168 Å². The fourth-order valence-electron chi connectivity index (χ4n) is 3.65. The van der Waals surface area contributed by atoms with Crippen LogP contribution in [0.15, 0.2) is 48.5 Å². The smallest absolute Gasteiger partial charge is 0.236 e. The fourth-order valence-corrected chi connectivity index (χ4v) is 3.65. The van der Waals surface area contributed by atoms with E-state index in [-0.39, 0.29) is 5.91 Å². The standard InChI is InChI=1S/C23H31N3O2/c1-19-7-4-5-9-21(19)17-25-11-13-26(14-12-25)23(27)18-24(2)16-20-8-6-10-22(15-20)28-3/h4-10,15H,11-14,16-18H2,1-3H3. The number of amides is 1. The van der Waals surface area contributed by atoms with E-state index >= 15 is 0 Å². The van der Waals surface area contributed by atoms with Gasteiger partial charge in [-0.3, -0.25) is 14.6 Å². The maximum Gasteiger partial charge on any atom is 0.236 e. The molecule has 1 aliphatic rings. The predicted octanol–water partition coefficient (Wildman–Crippen LogP) is 2.78. The zero-order valence-electron chi connectivity index (χ0n) is 17.2. The van der Waals surface area contributed by atoms with Crippen molar-refractivity contribution < 1.29 is 9.53 Å². The Balaban J connectivity index is 1.45. The Kier molecular flexibility index (Phi) is 7.06. The molecule has 1 aliphatic heterocycles. The summed E-state index contributed by atoms with van der Waals surface area (Å²) in [7, 11) is 3.66. The summed E-state index contributed by atoms with van der Waals surface area (Å²) in [6, 6.07) is 16.5. The Bertz CT molecular complexity index is 785. The molecule has 3 rings (SSSR count). The van der Waals surface area contributed by atoms with Crippen LogP contribution in [-0.4, -0.2) is 67.5 Å². The minimum Gasteiger partial charge on any atom is -0.497 e. The molecule has 1 amide bonds. The first kappa shape index (κ1) is 20.4. The third kappa shape index (κ3) is 5.57. The van der Waals surface area contributed by atoms with Gasteiger partial charge in [0, 0.05) is 39.3 Å². The van der Waals surface area contributed by atoms with Gasteiger partial charge in [0.05, 0.1) is 13.7 Å². The van der Waals surface area contributed by atoms with Crippen molar-refractivity contribution in [1.29, 1.82) is 0 Å². The molecule has 28 heavy (non-hydrogen) atoms. The molecule has 1 heterocycles. The summed E-state index contributed by atoms with van der Waals surface area (Å²) in [5, 5.41) is 0. The van der Waals surface area contributed by atoms with Gasteiger partial charge in [-0.1, -0.05) is 36.4 Å². The lowest BCUT2D eigenvalue weighted by atomic mass is 10.1. The molecule has 5 heteroatoms. The number of piperazine rings is 1. The molecule has 5 nitrogen and oxygen atoms in total. The molecule has 2 aromatic carbocycles. The lowest BCUT2D eigenvalue weighted by Crippen LogP contribution is -2.50. The molecule has 0 aromatic heterocycles. The molecular weight excluding hydrogens is 350 g/mol. The van der Waals surface area contributed by atoms with E-state index in [1.54, 1.807) is 7.11 Å². The van der Waals surface area contributed by atoms with E-state index in [2.05, 4.69) is 47.1 Å². The van der Waals surface area contributed by atoms with E-state index in [9.17, 15) is 4.79 Å². The van der Waals surface area contributed by atoms with Crippen molar-refractivity contribution in [2.45, 2.75) is 20.0 Å². The van der Waals surface area contributed by atoms with Gasteiger partial charge in [0.1, 0.15) is 5.75 Å². The number of nitrogens with zero attached hydrogens (tertiary/aromatic N) is 3. The van der Waals surface area contributed by atoms with Crippen LogP contribution >= 0.6 is 0 Å². The largest absolute Gasteiger partial charge is 0.497 e. The van der Waals surface area contributed by atoms with Gasteiger partial charge >= 0.3 is 0 Å². The third-order valence-electron chi connectivity index (χ3n) is 5.37. The normalized spacial score (nSPS) is 15.1. The van der Waals surface area contributed by atoms with Crippen molar-refractivity contribution >= 4 is 5.91 Å². The van der Waals surface area contributed by atoms with Crippen molar-refractivity contribution in [1.82, 2.24) is 14.7 Å². The van der Waals surface area contributed by atoms with Crippen LogP contribution in [0.3, 0.4) is 0 Å². The lowest BCUT2D eigenvalue weighted by Gasteiger charge is -2.35. The topological polar surface area (TPSA) is 36.0 Å². The van der Waals surface area contributed by atoms with Gasteiger partial charge < -0.3 is 9.64 Å². The van der Waals surface area contributed by atoms with Crippen molar-refractivity contribution in [3.63, 3.8) is 0 Å². The second kappa shape index (κ2) is 9.71. The molecule has 0 spiro atoms. The first-order valence-electron chi connectivity index (χ1n) is 9.91. The average molecular weight is 382 g/mol. The number of benzene rings is 2. The number of hydrogen-bond donors (Lipinski definition) is 0. The van der Waals surface area contributed by atoms with Crippen molar-refractivity contribution in [2.24, 2.45) is 0 Å². The highest BCUT2D eigenvalue weighted by Crippen LogP contribution is 2.15. The highest BCUT2D eigenvalue weighted by molar-refractivity contribution is 5.78. The number of likely N-dealkylation sites (N-methyl/N-ethyl adjacent to an activating group) is 1. The van der Waals surface area contributed by atoms with Crippen LogP contribution in [0.5, 0.6) is 5.75 Å². The van der Waals surface area contributed by atoms with Crippen LogP contribution in [0, 0.1) is 6.92 Å². The van der Waals surface area contributed by atoms with Gasteiger partial charge in [0.2, 0.25) is 5.91 Å². The summed E-state index contributed by atoms with van der Waals surface area (Å²) in [4.78, 5) is 19.2. The van der Waals surface area contributed by atoms with Crippen LogP contribution < -0.4 is 4.74 Å². The summed E-state index contributed by atoms with van der Waals surface area (Å²) in [6.07, 6.45) is 0. The van der Waals surface area contributed by atoms with Crippen LogP contribution in [0.4, 0.5) is 0 Å². The molecule has 0 atom stereocenters. The number of aryl methyl sites for hydroxylation is 1. The molecule has 0 aliphatic carbocycles. The van der Waals surface area contributed by atoms with Gasteiger partial charge in [-0.15, -0.1) is 0 Å². The number of ether oxygens (including phenoxy) is 1. The van der Waals surface area contributed by atoms with E-state index in [0.29, 0.717) is 6.54 Å².